The summed E-state index contributed by atoms with van der Waals surface area (Å²) in [5, 5.41) is 0. The molecule has 1 N–H and O–H groups in total. The van der Waals surface area contributed by atoms with E-state index in [9.17, 15) is 8.42 Å². The average Bonchev–Trinajstić information content (AvgIpc) is 2.75. The molecule has 1 aliphatic heterocycles. The normalized spacial score (nSPS) is 20.9. The van der Waals surface area contributed by atoms with Crippen molar-refractivity contribution in [3.8, 4) is 0 Å². The van der Waals surface area contributed by atoms with Gasteiger partial charge < -0.3 is 4.74 Å². The van der Waals surface area contributed by atoms with Gasteiger partial charge in [0.25, 0.3) is 0 Å². The molecular formula is C11H22INO3S. The maximum atomic E-state index is 11.7. The Labute approximate surface area is 118 Å². The van der Waals surface area contributed by atoms with E-state index in [0.717, 1.165) is 25.7 Å². The van der Waals surface area contributed by atoms with Crippen LogP contribution in [0, 0.1) is 0 Å². The zero-order chi connectivity index (χ0) is 12.6. The molecule has 0 spiro atoms. The van der Waals surface area contributed by atoms with Crippen LogP contribution in [0.5, 0.6) is 0 Å². The van der Waals surface area contributed by atoms with Crippen molar-refractivity contribution < 1.29 is 13.2 Å². The van der Waals surface area contributed by atoms with Crippen LogP contribution in [0.1, 0.15) is 38.5 Å². The molecular weight excluding hydrogens is 353 g/mol. The molecule has 1 aliphatic rings. The fraction of sp³-hybridized carbons (Fsp3) is 1.00. The molecule has 0 aromatic heterocycles. The first-order valence-electron chi connectivity index (χ1n) is 6.29. The van der Waals surface area contributed by atoms with Crippen molar-refractivity contribution >= 4 is 32.6 Å². The van der Waals surface area contributed by atoms with Crippen LogP contribution in [-0.4, -0.2) is 37.9 Å². The van der Waals surface area contributed by atoms with E-state index in [-0.39, 0.29) is 11.9 Å². The Kier molecular flexibility index (Phi) is 7.97. The first-order chi connectivity index (χ1) is 8.14. The lowest BCUT2D eigenvalue weighted by molar-refractivity contribution is 0.127. The molecule has 6 heteroatoms. The first kappa shape index (κ1) is 15.7. The third-order valence-corrected chi connectivity index (χ3v) is 5.03. The van der Waals surface area contributed by atoms with Crippen molar-refractivity contribution in [1.82, 2.24) is 4.72 Å². The standard InChI is InChI=1S/C11H22INO3S/c12-7-3-1-2-4-8-13-17(14,15)10-11-6-5-9-16-11/h11,13H,1-10H2. The second kappa shape index (κ2) is 8.66. The highest BCUT2D eigenvalue weighted by molar-refractivity contribution is 14.1. The summed E-state index contributed by atoms with van der Waals surface area (Å²) in [6.45, 7) is 1.27. The molecule has 0 aromatic rings. The summed E-state index contributed by atoms with van der Waals surface area (Å²) in [4.78, 5) is 0. The van der Waals surface area contributed by atoms with E-state index < -0.39 is 10.0 Å². The van der Waals surface area contributed by atoms with E-state index in [1.54, 1.807) is 0 Å². The number of halogens is 1. The number of alkyl halides is 1. The smallest absolute Gasteiger partial charge is 0.214 e. The summed E-state index contributed by atoms with van der Waals surface area (Å²) >= 11 is 2.36. The molecule has 1 rings (SSSR count). The summed E-state index contributed by atoms with van der Waals surface area (Å²) in [5.74, 6) is 0.126. The van der Waals surface area contributed by atoms with Gasteiger partial charge in [-0.05, 0) is 30.1 Å². The monoisotopic (exact) mass is 375 g/mol. The molecule has 0 amide bonds. The largest absolute Gasteiger partial charge is 0.377 e. The molecule has 0 radical (unpaired) electrons. The second-order valence-electron chi connectivity index (χ2n) is 4.41. The Balaban J connectivity index is 2.07. The van der Waals surface area contributed by atoms with Gasteiger partial charge in [-0.15, -0.1) is 0 Å². The fourth-order valence-electron chi connectivity index (χ4n) is 1.88. The van der Waals surface area contributed by atoms with Crippen molar-refractivity contribution in [2.45, 2.75) is 44.6 Å². The summed E-state index contributed by atoms with van der Waals surface area (Å²) in [7, 11) is -3.13. The van der Waals surface area contributed by atoms with Gasteiger partial charge in [-0.1, -0.05) is 35.4 Å². The molecule has 4 nitrogen and oxygen atoms in total. The zero-order valence-corrected chi connectivity index (χ0v) is 13.1. The van der Waals surface area contributed by atoms with Gasteiger partial charge >= 0.3 is 0 Å². The van der Waals surface area contributed by atoms with Gasteiger partial charge in [0.15, 0.2) is 0 Å². The molecule has 0 bridgehead atoms. The molecule has 1 atom stereocenters. The van der Waals surface area contributed by atoms with Gasteiger partial charge in [0.2, 0.25) is 10.0 Å². The Morgan fingerprint density at radius 1 is 1.24 bits per heavy atom. The molecule has 1 heterocycles. The van der Waals surface area contributed by atoms with Crippen LogP contribution in [0.25, 0.3) is 0 Å². The molecule has 0 saturated carbocycles. The molecule has 0 aromatic carbocycles. The van der Waals surface area contributed by atoms with Gasteiger partial charge in [-0.2, -0.15) is 0 Å². The number of rotatable bonds is 9. The number of nitrogens with one attached hydrogen (secondary N) is 1. The summed E-state index contributed by atoms with van der Waals surface area (Å²) < 4.78 is 32.5. The van der Waals surface area contributed by atoms with Crippen LogP contribution in [-0.2, 0) is 14.8 Å². The lowest BCUT2D eigenvalue weighted by Crippen LogP contribution is -2.32. The number of hydrogen-bond acceptors (Lipinski definition) is 3. The molecule has 0 aliphatic carbocycles. The lowest BCUT2D eigenvalue weighted by Gasteiger charge is -2.11. The predicted octanol–water partition coefficient (Wildman–Crippen LogP) is 2.08. The minimum atomic E-state index is -3.13. The van der Waals surface area contributed by atoms with Crippen molar-refractivity contribution in [2.75, 3.05) is 23.3 Å². The number of sulfonamides is 1. The van der Waals surface area contributed by atoms with E-state index >= 15 is 0 Å². The quantitative estimate of drug-likeness (QED) is 0.382. The van der Waals surface area contributed by atoms with Crippen molar-refractivity contribution in [3.05, 3.63) is 0 Å². The number of unbranched alkanes of at least 4 members (excludes halogenated alkanes) is 3. The number of ether oxygens (including phenoxy) is 1. The summed E-state index contributed by atoms with van der Waals surface area (Å²) in [6.07, 6.45) is 6.21. The summed E-state index contributed by atoms with van der Waals surface area (Å²) in [5.41, 5.74) is 0. The third-order valence-electron chi connectivity index (χ3n) is 2.81. The third kappa shape index (κ3) is 7.58. The van der Waals surface area contributed by atoms with E-state index in [1.807, 2.05) is 0 Å². The van der Waals surface area contributed by atoms with Gasteiger partial charge in [-0.25, -0.2) is 13.1 Å². The van der Waals surface area contributed by atoms with E-state index in [2.05, 4.69) is 27.3 Å². The zero-order valence-electron chi connectivity index (χ0n) is 10.2. The molecule has 17 heavy (non-hydrogen) atoms. The van der Waals surface area contributed by atoms with Gasteiger partial charge in [0.1, 0.15) is 0 Å². The second-order valence-corrected chi connectivity index (χ2v) is 7.34. The first-order valence-corrected chi connectivity index (χ1v) is 9.47. The highest BCUT2D eigenvalue weighted by atomic mass is 127. The average molecular weight is 375 g/mol. The van der Waals surface area contributed by atoms with Crippen molar-refractivity contribution in [3.63, 3.8) is 0 Å². The lowest BCUT2D eigenvalue weighted by atomic mass is 10.2. The van der Waals surface area contributed by atoms with Crippen molar-refractivity contribution in [1.29, 1.82) is 0 Å². The Hall–Kier alpha value is 0.600. The molecule has 1 fully saturated rings. The highest BCUT2D eigenvalue weighted by Gasteiger charge is 2.22. The van der Waals surface area contributed by atoms with Crippen LogP contribution >= 0.6 is 22.6 Å². The molecule has 1 saturated heterocycles. The molecule has 102 valence electrons. The maximum Gasteiger partial charge on any atom is 0.214 e. The number of hydrogen-bond donors (Lipinski definition) is 1. The Bertz CT molecular complexity index is 289. The van der Waals surface area contributed by atoms with Crippen LogP contribution in [0.2, 0.25) is 0 Å². The molecule has 1 unspecified atom stereocenters. The van der Waals surface area contributed by atoms with Crippen LogP contribution in [0.15, 0.2) is 0 Å². The Morgan fingerprint density at radius 2 is 2.00 bits per heavy atom. The SMILES string of the molecule is O=S(=O)(CC1CCCO1)NCCCCCCI. The maximum absolute atomic E-state index is 11.7. The predicted molar refractivity (Wildman–Crippen MR) is 78.1 cm³/mol. The van der Waals surface area contributed by atoms with E-state index in [0.29, 0.717) is 13.2 Å². The van der Waals surface area contributed by atoms with Gasteiger partial charge in [0, 0.05) is 13.2 Å². The van der Waals surface area contributed by atoms with Crippen LogP contribution < -0.4 is 4.72 Å². The van der Waals surface area contributed by atoms with Crippen LogP contribution in [0.4, 0.5) is 0 Å². The minimum absolute atomic E-state index is 0.0912. The topological polar surface area (TPSA) is 55.4 Å². The fourth-order valence-corrected chi connectivity index (χ4v) is 3.75. The van der Waals surface area contributed by atoms with Gasteiger partial charge in [0.05, 0.1) is 11.9 Å². The van der Waals surface area contributed by atoms with Crippen molar-refractivity contribution in [2.24, 2.45) is 0 Å². The van der Waals surface area contributed by atoms with E-state index in [4.69, 9.17) is 4.74 Å². The van der Waals surface area contributed by atoms with Gasteiger partial charge in [-0.3, -0.25) is 0 Å². The van der Waals surface area contributed by atoms with Crippen LogP contribution in [0.3, 0.4) is 0 Å². The highest BCUT2D eigenvalue weighted by Crippen LogP contribution is 2.13. The minimum Gasteiger partial charge on any atom is -0.377 e. The summed E-state index contributed by atoms with van der Waals surface area (Å²) in [6, 6.07) is 0. The Morgan fingerprint density at radius 3 is 2.65 bits per heavy atom. The van der Waals surface area contributed by atoms with E-state index in [1.165, 1.54) is 17.3 Å².